The highest BCUT2D eigenvalue weighted by molar-refractivity contribution is 6.24. The van der Waals surface area contributed by atoms with Crippen molar-refractivity contribution in [2.45, 2.75) is 0 Å². The number of rotatable bonds is 1. The lowest BCUT2D eigenvalue weighted by Gasteiger charge is -2.00. The van der Waals surface area contributed by atoms with Gasteiger partial charge in [0.25, 0.3) is 0 Å². The molecule has 2 aromatic carbocycles. The molecule has 0 unspecified atom stereocenters. The minimum Gasteiger partial charge on any atom is -0.298 e. The third-order valence-corrected chi connectivity index (χ3v) is 2.69. The third kappa shape index (κ3) is 0.814. The number of aldehydes is 1. The maximum atomic E-state index is 10.8. The number of allylic oxidation sites excluding steroid dienone is 1. The first-order valence-electron chi connectivity index (χ1n) is 4.59. The topological polar surface area (TPSA) is 17.1 Å². The minimum atomic E-state index is 0.789. The van der Waals surface area contributed by atoms with Gasteiger partial charge in [0.2, 0.25) is 0 Å². The first-order chi connectivity index (χ1) is 6.90. The summed E-state index contributed by atoms with van der Waals surface area (Å²) in [5.41, 5.74) is 3.00. The maximum absolute atomic E-state index is 10.8. The van der Waals surface area contributed by atoms with Gasteiger partial charge in [-0.15, -0.1) is 0 Å². The van der Waals surface area contributed by atoms with E-state index in [1.165, 1.54) is 10.8 Å². The quantitative estimate of drug-likeness (QED) is 0.617. The molecule has 2 aromatic rings. The molecule has 0 heterocycles. The SMILES string of the molecule is O=CC1=Cc2cccc3cccc1c23. The molecule has 3 rings (SSSR count). The molecule has 0 radical (unpaired) electrons. The zero-order chi connectivity index (χ0) is 9.54. The first kappa shape index (κ1) is 7.51. The highest BCUT2D eigenvalue weighted by Gasteiger charge is 2.14. The summed E-state index contributed by atoms with van der Waals surface area (Å²) in [6.45, 7) is 0. The van der Waals surface area contributed by atoms with Crippen LogP contribution in [0, 0.1) is 0 Å². The van der Waals surface area contributed by atoms with Crippen molar-refractivity contribution in [3.05, 3.63) is 47.5 Å². The fourth-order valence-corrected chi connectivity index (χ4v) is 2.07. The van der Waals surface area contributed by atoms with Gasteiger partial charge in [-0.25, -0.2) is 0 Å². The van der Waals surface area contributed by atoms with Gasteiger partial charge in [0.15, 0.2) is 6.29 Å². The molecule has 1 aliphatic carbocycles. The van der Waals surface area contributed by atoms with Crippen LogP contribution < -0.4 is 0 Å². The Balaban J connectivity index is 2.52. The molecule has 14 heavy (non-hydrogen) atoms. The van der Waals surface area contributed by atoms with Crippen molar-refractivity contribution in [1.29, 1.82) is 0 Å². The Bertz CT molecular complexity index is 559. The van der Waals surface area contributed by atoms with E-state index in [1.807, 2.05) is 30.3 Å². The fourth-order valence-electron chi connectivity index (χ4n) is 2.07. The van der Waals surface area contributed by atoms with Crippen LogP contribution in [0.5, 0.6) is 0 Å². The smallest absolute Gasteiger partial charge is 0.150 e. The normalized spacial score (nSPS) is 13.0. The molecule has 0 bridgehead atoms. The van der Waals surface area contributed by atoms with Crippen molar-refractivity contribution in [3.8, 4) is 0 Å². The van der Waals surface area contributed by atoms with Crippen LogP contribution in [-0.2, 0) is 4.79 Å². The zero-order valence-corrected chi connectivity index (χ0v) is 7.53. The van der Waals surface area contributed by atoms with E-state index >= 15 is 0 Å². The van der Waals surface area contributed by atoms with Gasteiger partial charge in [0, 0.05) is 5.57 Å². The molecule has 0 aromatic heterocycles. The van der Waals surface area contributed by atoms with E-state index in [2.05, 4.69) is 12.1 Å². The Labute approximate surface area is 81.7 Å². The molecule has 0 saturated carbocycles. The van der Waals surface area contributed by atoms with Crippen molar-refractivity contribution in [2.75, 3.05) is 0 Å². The van der Waals surface area contributed by atoms with E-state index < -0.39 is 0 Å². The van der Waals surface area contributed by atoms with Crippen molar-refractivity contribution in [1.82, 2.24) is 0 Å². The predicted octanol–water partition coefficient (Wildman–Crippen LogP) is 2.89. The molecule has 0 amide bonds. The van der Waals surface area contributed by atoms with Gasteiger partial charge in [0.05, 0.1) is 0 Å². The molecule has 0 aliphatic heterocycles. The van der Waals surface area contributed by atoms with Crippen LogP contribution in [0.4, 0.5) is 0 Å². The summed E-state index contributed by atoms with van der Waals surface area (Å²) < 4.78 is 0. The van der Waals surface area contributed by atoms with Crippen molar-refractivity contribution in [3.63, 3.8) is 0 Å². The Kier molecular flexibility index (Phi) is 1.37. The van der Waals surface area contributed by atoms with Gasteiger partial charge >= 0.3 is 0 Å². The van der Waals surface area contributed by atoms with Crippen LogP contribution in [-0.4, -0.2) is 6.29 Å². The van der Waals surface area contributed by atoms with E-state index in [0.29, 0.717) is 0 Å². The first-order valence-corrected chi connectivity index (χ1v) is 4.59. The van der Waals surface area contributed by atoms with Crippen LogP contribution in [0.2, 0.25) is 0 Å². The average molecular weight is 180 g/mol. The van der Waals surface area contributed by atoms with Crippen LogP contribution in [0.1, 0.15) is 11.1 Å². The van der Waals surface area contributed by atoms with Gasteiger partial charge in [-0.1, -0.05) is 36.4 Å². The maximum Gasteiger partial charge on any atom is 0.150 e. The summed E-state index contributed by atoms with van der Waals surface area (Å²) >= 11 is 0. The Morgan fingerprint density at radius 2 is 1.79 bits per heavy atom. The van der Waals surface area contributed by atoms with Crippen LogP contribution in [0.3, 0.4) is 0 Å². The largest absolute Gasteiger partial charge is 0.298 e. The summed E-state index contributed by atoms with van der Waals surface area (Å²) in [4.78, 5) is 10.8. The lowest BCUT2D eigenvalue weighted by atomic mass is 10.0. The second-order valence-electron chi connectivity index (χ2n) is 3.47. The van der Waals surface area contributed by atoms with E-state index in [4.69, 9.17) is 0 Å². The standard InChI is InChI=1S/C13H8O/c14-8-11-7-10-5-1-3-9-4-2-6-12(11)13(9)10/h1-8H. The average Bonchev–Trinajstić information content (AvgIpc) is 2.60. The summed E-state index contributed by atoms with van der Waals surface area (Å²) in [5.74, 6) is 0. The Hall–Kier alpha value is -1.89. The summed E-state index contributed by atoms with van der Waals surface area (Å²) in [5, 5.41) is 2.41. The molecule has 0 N–H and O–H groups in total. The van der Waals surface area contributed by atoms with E-state index in [0.717, 1.165) is 23.0 Å². The van der Waals surface area contributed by atoms with Crippen molar-refractivity contribution < 1.29 is 4.79 Å². The molecular formula is C13H8O. The number of carbonyl (C=O) groups excluding carboxylic acids is 1. The second kappa shape index (κ2) is 2.55. The molecule has 1 aliphatic rings. The van der Waals surface area contributed by atoms with E-state index in [1.54, 1.807) is 0 Å². The third-order valence-electron chi connectivity index (χ3n) is 2.69. The van der Waals surface area contributed by atoms with Gasteiger partial charge in [-0.2, -0.15) is 0 Å². The molecule has 0 spiro atoms. The number of hydrogen-bond acceptors (Lipinski definition) is 1. The van der Waals surface area contributed by atoms with Gasteiger partial charge in [-0.3, -0.25) is 4.79 Å². The lowest BCUT2D eigenvalue weighted by Crippen LogP contribution is -1.81. The number of hydrogen-bond donors (Lipinski definition) is 0. The molecule has 1 nitrogen and oxygen atoms in total. The molecule has 0 fully saturated rings. The zero-order valence-electron chi connectivity index (χ0n) is 7.53. The van der Waals surface area contributed by atoms with Crippen LogP contribution in [0.25, 0.3) is 22.4 Å². The fraction of sp³-hybridized carbons (Fsp3) is 0. The van der Waals surface area contributed by atoms with Crippen molar-refractivity contribution >= 4 is 28.7 Å². The van der Waals surface area contributed by atoms with Gasteiger partial charge < -0.3 is 0 Å². The van der Waals surface area contributed by atoms with E-state index in [-0.39, 0.29) is 0 Å². The molecule has 1 heteroatoms. The van der Waals surface area contributed by atoms with Crippen LogP contribution in [0.15, 0.2) is 36.4 Å². The second-order valence-corrected chi connectivity index (χ2v) is 3.47. The molecular weight excluding hydrogens is 172 g/mol. The highest BCUT2D eigenvalue weighted by atomic mass is 16.1. The minimum absolute atomic E-state index is 0.789. The summed E-state index contributed by atoms with van der Waals surface area (Å²) in [6, 6.07) is 12.2. The van der Waals surface area contributed by atoms with Gasteiger partial charge in [0.1, 0.15) is 0 Å². The lowest BCUT2D eigenvalue weighted by molar-refractivity contribution is -0.103. The summed E-state index contributed by atoms with van der Waals surface area (Å²) in [7, 11) is 0. The number of carbonyl (C=O) groups is 1. The monoisotopic (exact) mass is 180 g/mol. The number of benzene rings is 2. The molecule has 0 atom stereocenters. The molecule has 0 saturated heterocycles. The molecule has 66 valence electrons. The Morgan fingerprint density at radius 1 is 1.00 bits per heavy atom. The van der Waals surface area contributed by atoms with E-state index in [9.17, 15) is 4.79 Å². The van der Waals surface area contributed by atoms with Crippen molar-refractivity contribution in [2.24, 2.45) is 0 Å². The van der Waals surface area contributed by atoms with Gasteiger partial charge in [-0.05, 0) is 28.0 Å². The predicted molar refractivity (Wildman–Crippen MR) is 57.9 cm³/mol. The summed E-state index contributed by atoms with van der Waals surface area (Å²) in [6.07, 6.45) is 2.87. The highest BCUT2D eigenvalue weighted by Crippen LogP contribution is 2.34. The van der Waals surface area contributed by atoms with Crippen LogP contribution >= 0.6 is 0 Å². The Morgan fingerprint density at radius 3 is 2.57 bits per heavy atom.